The molecule has 1 aliphatic carbocycles. The van der Waals surface area contributed by atoms with Gasteiger partial charge in [0.1, 0.15) is 22.9 Å². The van der Waals surface area contributed by atoms with Crippen LogP contribution in [-0.2, 0) is 16.1 Å². The van der Waals surface area contributed by atoms with Crippen molar-refractivity contribution in [3.63, 3.8) is 0 Å². The highest BCUT2D eigenvalue weighted by atomic mass is 79.9. The number of benzene rings is 1. The van der Waals surface area contributed by atoms with Crippen molar-refractivity contribution in [2.24, 2.45) is 5.92 Å². The molecule has 7 rings (SSSR count). The van der Waals surface area contributed by atoms with Crippen LogP contribution in [0, 0.1) is 5.92 Å². The van der Waals surface area contributed by atoms with E-state index in [1.165, 1.54) is 19.3 Å². The third-order valence-corrected chi connectivity index (χ3v) is 7.88. The monoisotopic (exact) mass is 599 g/mol. The van der Waals surface area contributed by atoms with E-state index in [9.17, 15) is 14.4 Å². The first-order chi connectivity index (χ1) is 19.4. The maximum absolute atomic E-state index is 13.6. The van der Waals surface area contributed by atoms with Gasteiger partial charge >= 0.3 is 0 Å². The molecule has 1 aliphatic heterocycles. The number of rotatable bonds is 6. The van der Waals surface area contributed by atoms with Crippen molar-refractivity contribution in [3.05, 3.63) is 65.5 Å². The molecule has 1 N–H and O–H groups in total. The number of hydrogen-bond acceptors (Lipinski definition) is 8. The summed E-state index contributed by atoms with van der Waals surface area (Å²) < 4.78 is 3.74. The zero-order chi connectivity index (χ0) is 27.5. The second-order valence-electron chi connectivity index (χ2n) is 10.1. The van der Waals surface area contributed by atoms with Gasteiger partial charge in [0.2, 0.25) is 11.8 Å². The molecule has 3 atom stereocenters. The van der Waals surface area contributed by atoms with Gasteiger partial charge in [0, 0.05) is 42.4 Å². The van der Waals surface area contributed by atoms with Crippen LogP contribution in [0.5, 0.6) is 0 Å². The Hall–Kier alpha value is -4.52. The van der Waals surface area contributed by atoms with Gasteiger partial charge in [-0.05, 0) is 52.4 Å². The number of carbonyl (C=O) groups is 3. The quantitative estimate of drug-likeness (QED) is 0.293. The molecule has 40 heavy (non-hydrogen) atoms. The fourth-order valence-electron chi connectivity index (χ4n) is 5.57. The van der Waals surface area contributed by atoms with Gasteiger partial charge in [-0.2, -0.15) is 10.2 Å². The SMILES string of the molecule is CC(=O)c1nn(CC(=O)N2[C@@H]3C[C@@H]3C[C@H]2C(=O)Nc2cncc(Br)n2)c2ccc(-c3cnc4ccnn4c3)cc12. The number of carbonyl (C=O) groups excluding carboxylic acids is 3. The van der Waals surface area contributed by atoms with Crippen LogP contribution >= 0.6 is 15.9 Å². The third kappa shape index (κ3) is 4.22. The second kappa shape index (κ2) is 9.30. The van der Waals surface area contributed by atoms with Gasteiger partial charge in [-0.25, -0.2) is 14.5 Å². The Bertz CT molecular complexity index is 1850. The molecule has 200 valence electrons. The number of hydrogen-bond donors (Lipinski definition) is 1. The molecule has 0 radical (unpaired) electrons. The number of fused-ring (bicyclic) bond motifs is 3. The highest BCUT2D eigenvalue weighted by Crippen LogP contribution is 2.48. The highest BCUT2D eigenvalue weighted by Gasteiger charge is 2.56. The van der Waals surface area contributed by atoms with Gasteiger partial charge in [0.05, 0.1) is 24.1 Å². The highest BCUT2D eigenvalue weighted by molar-refractivity contribution is 9.10. The van der Waals surface area contributed by atoms with Gasteiger partial charge in [-0.15, -0.1) is 0 Å². The van der Waals surface area contributed by atoms with Crippen molar-refractivity contribution in [3.8, 4) is 11.1 Å². The van der Waals surface area contributed by atoms with Crippen molar-refractivity contribution in [1.29, 1.82) is 0 Å². The molecule has 5 heterocycles. The van der Waals surface area contributed by atoms with E-state index in [4.69, 9.17) is 0 Å². The molecule has 2 fully saturated rings. The van der Waals surface area contributed by atoms with Crippen LogP contribution in [-0.4, -0.2) is 68.9 Å². The Kier molecular flexibility index (Phi) is 5.70. The van der Waals surface area contributed by atoms with Gasteiger partial charge in [0.15, 0.2) is 17.2 Å². The predicted molar refractivity (Wildman–Crippen MR) is 147 cm³/mol. The summed E-state index contributed by atoms with van der Waals surface area (Å²) in [7, 11) is 0. The minimum absolute atomic E-state index is 0.0299. The van der Waals surface area contributed by atoms with Gasteiger partial charge in [0.25, 0.3) is 0 Å². The Morgan fingerprint density at radius 3 is 2.80 bits per heavy atom. The number of piperidine rings is 1. The predicted octanol–water partition coefficient (Wildman–Crippen LogP) is 3.13. The maximum atomic E-state index is 13.6. The summed E-state index contributed by atoms with van der Waals surface area (Å²) in [5, 5.41) is 12.2. The molecule has 4 aromatic heterocycles. The lowest BCUT2D eigenvalue weighted by Gasteiger charge is -2.26. The Labute approximate surface area is 235 Å². The molecule has 1 aromatic carbocycles. The largest absolute Gasteiger partial charge is 0.326 e. The normalized spacial score (nSPS) is 19.6. The molecule has 5 aromatic rings. The average molecular weight is 600 g/mol. The van der Waals surface area contributed by atoms with Crippen molar-refractivity contribution in [1.82, 2.24) is 39.2 Å². The first kappa shape index (κ1) is 24.5. The average Bonchev–Trinajstić information content (AvgIpc) is 3.26. The molecule has 0 unspecified atom stereocenters. The maximum Gasteiger partial charge on any atom is 0.248 e. The van der Waals surface area contributed by atoms with E-state index < -0.39 is 6.04 Å². The molecule has 0 bridgehead atoms. The molecular weight excluding hydrogens is 578 g/mol. The summed E-state index contributed by atoms with van der Waals surface area (Å²) in [5.74, 6) is -0.102. The zero-order valence-corrected chi connectivity index (χ0v) is 22.8. The molecule has 13 heteroatoms. The molecule has 1 saturated carbocycles. The van der Waals surface area contributed by atoms with E-state index >= 15 is 0 Å². The van der Waals surface area contributed by atoms with Crippen molar-refractivity contribution < 1.29 is 14.4 Å². The topological polar surface area (TPSA) is 140 Å². The van der Waals surface area contributed by atoms with Crippen molar-refractivity contribution >= 4 is 55.9 Å². The summed E-state index contributed by atoms with van der Waals surface area (Å²) in [4.78, 5) is 53.6. The number of nitrogens with one attached hydrogen (secondary N) is 1. The molecule has 1 saturated heterocycles. The van der Waals surface area contributed by atoms with E-state index in [0.717, 1.165) is 23.2 Å². The van der Waals surface area contributed by atoms with E-state index in [2.05, 4.69) is 46.4 Å². The fraction of sp³-hybridized carbons (Fsp3) is 0.259. The standard InChI is InChI=1S/C27H22BrN9O3/c1-14(38)26-18-6-15(17-9-30-24-4-5-31-36(24)12-17)2-3-19(18)35(34-26)13-25(39)37-20-7-16(20)8-21(37)27(40)33-23-11-29-10-22(28)32-23/h2-6,9-12,16,20-21H,7-8,13H2,1H3,(H,32,33,40)/t16-,20-,21+/m1/s1. The lowest BCUT2D eigenvalue weighted by atomic mass is 10.0. The van der Waals surface area contributed by atoms with Crippen LogP contribution < -0.4 is 5.32 Å². The number of amides is 2. The summed E-state index contributed by atoms with van der Waals surface area (Å²) in [6, 6.07) is 6.88. The first-order valence-electron chi connectivity index (χ1n) is 12.8. The third-order valence-electron chi connectivity index (χ3n) is 7.50. The van der Waals surface area contributed by atoms with Crippen LogP contribution in [0.4, 0.5) is 5.82 Å². The number of aromatic nitrogens is 7. The van der Waals surface area contributed by atoms with E-state index in [1.807, 2.05) is 30.5 Å². The van der Waals surface area contributed by atoms with Crippen LogP contribution in [0.1, 0.15) is 30.3 Å². The number of Topliss-reactive ketones (excluding diaryl/α,β-unsaturated/α-hetero) is 1. The number of ketones is 1. The van der Waals surface area contributed by atoms with Crippen molar-refractivity contribution in [2.45, 2.75) is 38.4 Å². The minimum Gasteiger partial charge on any atom is -0.326 e. The van der Waals surface area contributed by atoms with Crippen LogP contribution in [0.25, 0.3) is 27.7 Å². The second-order valence-corrected chi connectivity index (χ2v) is 10.9. The first-order valence-corrected chi connectivity index (χ1v) is 13.6. The molecule has 2 amide bonds. The van der Waals surface area contributed by atoms with Crippen LogP contribution in [0.3, 0.4) is 0 Å². The summed E-state index contributed by atoms with van der Waals surface area (Å²) >= 11 is 3.25. The summed E-state index contributed by atoms with van der Waals surface area (Å²) in [5.41, 5.74) is 3.35. The smallest absolute Gasteiger partial charge is 0.248 e. The van der Waals surface area contributed by atoms with E-state index in [-0.39, 0.29) is 35.9 Å². The van der Waals surface area contributed by atoms with E-state index in [0.29, 0.717) is 33.7 Å². The van der Waals surface area contributed by atoms with Crippen LogP contribution in [0.15, 0.2) is 59.9 Å². The number of likely N-dealkylation sites (tertiary alicyclic amines) is 1. The van der Waals surface area contributed by atoms with Gasteiger partial charge in [-0.3, -0.25) is 24.0 Å². The van der Waals surface area contributed by atoms with E-state index in [1.54, 1.807) is 26.5 Å². The minimum atomic E-state index is -0.609. The Morgan fingerprint density at radius 2 is 1.98 bits per heavy atom. The Morgan fingerprint density at radius 1 is 1.10 bits per heavy atom. The molecule has 12 nitrogen and oxygen atoms in total. The van der Waals surface area contributed by atoms with Gasteiger partial charge < -0.3 is 10.2 Å². The lowest BCUT2D eigenvalue weighted by molar-refractivity contribution is -0.138. The van der Waals surface area contributed by atoms with Crippen LogP contribution in [0.2, 0.25) is 0 Å². The number of anilines is 1. The summed E-state index contributed by atoms with van der Waals surface area (Å²) in [6.45, 7) is 1.37. The molecule has 0 spiro atoms. The lowest BCUT2D eigenvalue weighted by Crippen LogP contribution is -2.46. The molecule has 2 aliphatic rings. The fourth-order valence-corrected chi connectivity index (χ4v) is 5.88. The summed E-state index contributed by atoms with van der Waals surface area (Å²) in [6.07, 6.45) is 9.76. The number of halogens is 1. The number of nitrogens with zero attached hydrogens (tertiary/aromatic N) is 8. The Balaban J connectivity index is 1.17. The van der Waals surface area contributed by atoms with Gasteiger partial charge in [-0.1, -0.05) is 6.07 Å². The molecular formula is C27H22BrN9O3. The van der Waals surface area contributed by atoms with Crippen molar-refractivity contribution in [2.75, 3.05) is 5.32 Å². The zero-order valence-electron chi connectivity index (χ0n) is 21.2.